The maximum atomic E-state index is 6.00. The van der Waals surface area contributed by atoms with E-state index in [0.29, 0.717) is 6.61 Å². The quantitative estimate of drug-likeness (QED) is 0.576. The second-order valence-electron chi connectivity index (χ2n) is 5.58. The first-order valence-electron chi connectivity index (χ1n) is 8.09. The van der Waals surface area contributed by atoms with Crippen LogP contribution in [0.3, 0.4) is 0 Å². The van der Waals surface area contributed by atoms with Crippen LogP contribution in [0.25, 0.3) is 10.9 Å². The van der Waals surface area contributed by atoms with Crippen molar-refractivity contribution in [1.29, 1.82) is 0 Å². The summed E-state index contributed by atoms with van der Waals surface area (Å²) in [6.45, 7) is 5.13. The van der Waals surface area contributed by atoms with Gasteiger partial charge in [0.15, 0.2) is 0 Å². The third-order valence-electron chi connectivity index (χ3n) is 4.23. The first-order valence-corrected chi connectivity index (χ1v) is 9.16. The van der Waals surface area contributed by atoms with Crippen LogP contribution in [0.4, 0.5) is 0 Å². The van der Waals surface area contributed by atoms with Crippen molar-refractivity contribution < 1.29 is 4.74 Å². The van der Waals surface area contributed by atoms with Crippen LogP contribution in [0.15, 0.2) is 36.4 Å². The Morgan fingerprint density at radius 3 is 2.52 bits per heavy atom. The summed E-state index contributed by atoms with van der Waals surface area (Å²) in [6.07, 6.45) is 3.10. The molecule has 0 spiro atoms. The minimum atomic E-state index is 0.698. The van der Waals surface area contributed by atoms with Gasteiger partial charge in [-0.05, 0) is 70.3 Å². The van der Waals surface area contributed by atoms with Crippen molar-refractivity contribution in [2.45, 2.75) is 33.1 Å². The number of rotatable bonds is 6. The van der Waals surface area contributed by atoms with Crippen molar-refractivity contribution in [2.75, 3.05) is 6.61 Å². The van der Waals surface area contributed by atoms with Gasteiger partial charge in [0.05, 0.1) is 12.1 Å². The molecule has 0 saturated heterocycles. The molecule has 0 saturated carbocycles. The lowest BCUT2D eigenvalue weighted by Gasteiger charge is -2.14. The van der Waals surface area contributed by atoms with Crippen LogP contribution in [0.5, 0.6) is 5.75 Å². The summed E-state index contributed by atoms with van der Waals surface area (Å²) in [4.78, 5) is 0. The number of hydrogen-bond acceptors (Lipinski definition) is 2. The van der Waals surface area contributed by atoms with Crippen LogP contribution in [0, 0.1) is 3.70 Å². The van der Waals surface area contributed by atoms with Crippen LogP contribution < -0.4 is 4.74 Å². The van der Waals surface area contributed by atoms with Gasteiger partial charge in [0, 0.05) is 11.8 Å². The molecule has 0 aliphatic heterocycles. The molecule has 3 rings (SSSR count). The third-order valence-corrected chi connectivity index (χ3v) is 5.05. The van der Waals surface area contributed by atoms with E-state index in [2.05, 4.69) is 70.9 Å². The highest BCUT2D eigenvalue weighted by Gasteiger charge is 2.08. The number of aromatic amines is 1. The van der Waals surface area contributed by atoms with Gasteiger partial charge in [-0.2, -0.15) is 5.10 Å². The minimum absolute atomic E-state index is 0.698. The van der Waals surface area contributed by atoms with E-state index in [9.17, 15) is 0 Å². The Balaban J connectivity index is 1.72. The van der Waals surface area contributed by atoms with Crippen LogP contribution in [0.1, 0.15) is 30.5 Å². The van der Waals surface area contributed by atoms with Crippen molar-refractivity contribution in [3.63, 3.8) is 0 Å². The number of benzene rings is 2. The molecular weight excluding hydrogens is 399 g/mol. The van der Waals surface area contributed by atoms with E-state index in [1.54, 1.807) is 0 Å². The van der Waals surface area contributed by atoms with Gasteiger partial charge in [0.25, 0.3) is 0 Å². The number of aryl methyl sites for hydroxylation is 2. The minimum Gasteiger partial charge on any atom is -0.493 e. The monoisotopic (exact) mass is 420 g/mol. The Morgan fingerprint density at radius 2 is 1.83 bits per heavy atom. The molecule has 0 atom stereocenters. The number of ether oxygens (including phenoxy) is 1. The van der Waals surface area contributed by atoms with E-state index in [1.807, 2.05) is 12.1 Å². The van der Waals surface area contributed by atoms with E-state index >= 15 is 0 Å². The molecule has 1 N–H and O–H groups in total. The van der Waals surface area contributed by atoms with Gasteiger partial charge in [-0.1, -0.05) is 32.0 Å². The SMILES string of the molecule is CCc1cccc(CC)c1CCOc1ccc2n[nH]c(I)c2c1. The largest absolute Gasteiger partial charge is 0.493 e. The number of halogens is 1. The Kier molecular flexibility index (Phi) is 5.20. The molecule has 3 nitrogen and oxygen atoms in total. The zero-order chi connectivity index (χ0) is 16.2. The van der Waals surface area contributed by atoms with Crippen molar-refractivity contribution in [3.8, 4) is 5.75 Å². The van der Waals surface area contributed by atoms with Gasteiger partial charge in [0.2, 0.25) is 0 Å². The number of fused-ring (bicyclic) bond motifs is 1. The molecule has 120 valence electrons. The number of aromatic nitrogens is 2. The molecule has 0 fully saturated rings. The van der Waals surface area contributed by atoms with E-state index in [1.165, 1.54) is 16.7 Å². The number of nitrogens with one attached hydrogen (secondary N) is 1. The fourth-order valence-electron chi connectivity index (χ4n) is 2.99. The van der Waals surface area contributed by atoms with Gasteiger partial charge in [0.1, 0.15) is 9.45 Å². The predicted octanol–water partition coefficient (Wildman–Crippen LogP) is 4.91. The lowest BCUT2D eigenvalue weighted by Crippen LogP contribution is -2.06. The Bertz CT molecular complexity index is 788. The van der Waals surface area contributed by atoms with E-state index in [-0.39, 0.29) is 0 Å². The number of H-pyrrole nitrogens is 1. The molecule has 4 heteroatoms. The molecule has 0 unspecified atom stereocenters. The van der Waals surface area contributed by atoms with E-state index < -0.39 is 0 Å². The molecule has 0 bridgehead atoms. The zero-order valence-electron chi connectivity index (χ0n) is 13.5. The molecular formula is C19H21IN2O. The summed E-state index contributed by atoms with van der Waals surface area (Å²) in [6, 6.07) is 12.7. The van der Waals surface area contributed by atoms with Crippen molar-refractivity contribution >= 4 is 33.5 Å². The van der Waals surface area contributed by atoms with E-state index in [4.69, 9.17) is 4.74 Å². The van der Waals surface area contributed by atoms with Crippen molar-refractivity contribution in [3.05, 3.63) is 56.8 Å². The molecule has 1 aromatic heterocycles. The third kappa shape index (κ3) is 3.52. The number of nitrogens with zero attached hydrogens (tertiary/aromatic N) is 1. The standard InChI is InChI=1S/C19H21IN2O/c1-3-13-6-5-7-14(4-2)16(13)10-11-23-15-8-9-18-17(12-15)19(20)22-21-18/h5-9,12H,3-4,10-11H2,1-2H3,(H,21,22). The molecule has 0 amide bonds. The Labute approximate surface area is 150 Å². The fourth-order valence-corrected chi connectivity index (χ4v) is 3.54. The lowest BCUT2D eigenvalue weighted by atomic mass is 9.95. The average molecular weight is 420 g/mol. The molecule has 0 radical (unpaired) electrons. The van der Waals surface area contributed by atoms with Crippen LogP contribution in [-0.4, -0.2) is 16.8 Å². The van der Waals surface area contributed by atoms with Crippen molar-refractivity contribution in [1.82, 2.24) is 10.2 Å². The Hall–Kier alpha value is -1.56. The first-order chi connectivity index (χ1) is 11.2. The normalized spacial score (nSPS) is 11.1. The summed E-state index contributed by atoms with van der Waals surface area (Å²) in [5.41, 5.74) is 5.31. The zero-order valence-corrected chi connectivity index (χ0v) is 15.7. The second-order valence-corrected chi connectivity index (χ2v) is 6.66. The van der Waals surface area contributed by atoms with Gasteiger partial charge < -0.3 is 4.74 Å². The summed E-state index contributed by atoms with van der Waals surface area (Å²) < 4.78 is 7.05. The molecule has 1 heterocycles. The molecule has 2 aromatic carbocycles. The summed E-state index contributed by atoms with van der Waals surface area (Å²) in [7, 11) is 0. The van der Waals surface area contributed by atoms with Crippen LogP contribution >= 0.6 is 22.6 Å². The van der Waals surface area contributed by atoms with Gasteiger partial charge in [-0.15, -0.1) is 0 Å². The Morgan fingerprint density at radius 1 is 1.09 bits per heavy atom. The first kappa shape index (κ1) is 16.3. The predicted molar refractivity (Wildman–Crippen MR) is 103 cm³/mol. The van der Waals surface area contributed by atoms with Gasteiger partial charge in [-0.3, -0.25) is 5.10 Å². The molecule has 0 aliphatic carbocycles. The maximum Gasteiger partial charge on any atom is 0.120 e. The lowest BCUT2D eigenvalue weighted by molar-refractivity contribution is 0.321. The van der Waals surface area contributed by atoms with E-state index in [0.717, 1.165) is 39.6 Å². The highest BCUT2D eigenvalue weighted by atomic mass is 127. The molecule has 0 aliphatic rings. The molecule has 23 heavy (non-hydrogen) atoms. The number of hydrogen-bond donors (Lipinski definition) is 1. The van der Waals surface area contributed by atoms with Crippen LogP contribution in [-0.2, 0) is 19.3 Å². The second kappa shape index (κ2) is 7.34. The smallest absolute Gasteiger partial charge is 0.120 e. The highest BCUT2D eigenvalue weighted by Crippen LogP contribution is 2.24. The van der Waals surface area contributed by atoms with Gasteiger partial charge in [-0.25, -0.2) is 0 Å². The summed E-state index contributed by atoms with van der Waals surface area (Å²) >= 11 is 2.26. The molecule has 3 aromatic rings. The highest BCUT2D eigenvalue weighted by molar-refractivity contribution is 14.1. The maximum absolute atomic E-state index is 6.00. The fraction of sp³-hybridized carbons (Fsp3) is 0.316. The topological polar surface area (TPSA) is 37.9 Å². The van der Waals surface area contributed by atoms with Gasteiger partial charge >= 0.3 is 0 Å². The summed E-state index contributed by atoms with van der Waals surface area (Å²) in [5, 5.41) is 8.36. The summed E-state index contributed by atoms with van der Waals surface area (Å²) in [5.74, 6) is 0.906. The average Bonchev–Trinajstić information content (AvgIpc) is 2.95. The van der Waals surface area contributed by atoms with Crippen molar-refractivity contribution in [2.24, 2.45) is 0 Å². The van der Waals surface area contributed by atoms with Crippen LogP contribution in [0.2, 0.25) is 0 Å².